The number of thiophene rings is 1. The Balaban J connectivity index is 1.37. The van der Waals surface area contributed by atoms with Crippen molar-refractivity contribution in [2.24, 2.45) is 0 Å². The number of rotatable bonds is 8. The molecule has 0 bridgehead atoms. The van der Waals surface area contributed by atoms with Gasteiger partial charge in [0, 0.05) is 29.9 Å². The highest BCUT2D eigenvalue weighted by atomic mass is 32.2. The van der Waals surface area contributed by atoms with Crippen molar-refractivity contribution in [1.29, 1.82) is 0 Å². The van der Waals surface area contributed by atoms with E-state index in [1.54, 1.807) is 11.0 Å². The van der Waals surface area contributed by atoms with Crippen molar-refractivity contribution in [3.8, 4) is 0 Å². The Kier molecular flexibility index (Phi) is 7.62. The molecule has 0 aliphatic carbocycles. The first kappa shape index (κ1) is 24.3. The molecule has 1 saturated heterocycles. The molecule has 1 amide bonds. The molecular formula is C24H26N2O6S2. The van der Waals surface area contributed by atoms with Gasteiger partial charge in [-0.05, 0) is 30.5 Å². The van der Waals surface area contributed by atoms with Crippen LogP contribution >= 0.6 is 11.3 Å². The number of ether oxygens (including phenoxy) is 2. The minimum atomic E-state index is -3.61. The van der Waals surface area contributed by atoms with E-state index in [0.29, 0.717) is 37.7 Å². The Morgan fingerprint density at radius 3 is 2.56 bits per heavy atom. The molecule has 0 unspecified atom stereocenters. The number of hydrogen-bond acceptors (Lipinski definition) is 7. The number of hydrogen-bond donors (Lipinski definition) is 0. The number of carbonyl (C=O) groups is 2. The second-order valence-corrected chi connectivity index (χ2v) is 11.0. The van der Waals surface area contributed by atoms with Gasteiger partial charge in [0.25, 0.3) is 15.9 Å². The van der Waals surface area contributed by atoms with Gasteiger partial charge in [-0.1, -0.05) is 36.4 Å². The first-order chi connectivity index (χ1) is 16.4. The van der Waals surface area contributed by atoms with Gasteiger partial charge >= 0.3 is 5.97 Å². The van der Waals surface area contributed by atoms with Gasteiger partial charge in [-0.15, -0.1) is 11.3 Å². The van der Waals surface area contributed by atoms with E-state index in [-0.39, 0.29) is 23.1 Å². The quantitative estimate of drug-likeness (QED) is 0.440. The molecule has 10 heteroatoms. The average Bonchev–Trinajstić information content (AvgIpc) is 3.33. The zero-order valence-corrected chi connectivity index (χ0v) is 20.4. The number of benzene rings is 2. The molecule has 34 heavy (non-hydrogen) atoms. The van der Waals surface area contributed by atoms with Crippen LogP contribution < -0.4 is 4.90 Å². The number of likely N-dealkylation sites (N-methyl/N-ethyl adjacent to an activating group) is 1. The number of esters is 1. The number of nitrogens with zero attached hydrogens (tertiary/aromatic N) is 2. The molecule has 1 aliphatic rings. The molecule has 1 aliphatic heterocycles. The normalized spacial score (nSPS) is 14.7. The summed E-state index contributed by atoms with van der Waals surface area (Å²) in [5.41, 5.74) is 0.762. The number of sulfonamides is 1. The number of amides is 1. The second-order valence-electron chi connectivity index (χ2n) is 7.71. The van der Waals surface area contributed by atoms with E-state index in [1.165, 1.54) is 10.4 Å². The summed E-state index contributed by atoms with van der Waals surface area (Å²) in [5.74, 6) is -0.909. The highest BCUT2D eigenvalue weighted by Crippen LogP contribution is 2.28. The van der Waals surface area contributed by atoms with Crippen LogP contribution in [0.4, 0.5) is 5.69 Å². The van der Waals surface area contributed by atoms with Crippen LogP contribution in [0.3, 0.4) is 0 Å². The molecule has 2 aromatic carbocycles. The highest BCUT2D eigenvalue weighted by molar-refractivity contribution is 7.91. The van der Waals surface area contributed by atoms with Crippen LogP contribution in [0.1, 0.15) is 11.8 Å². The van der Waals surface area contributed by atoms with Gasteiger partial charge in [0.15, 0.2) is 6.61 Å². The monoisotopic (exact) mass is 502 g/mol. The predicted molar refractivity (Wildman–Crippen MR) is 131 cm³/mol. The van der Waals surface area contributed by atoms with Crippen LogP contribution in [0.25, 0.3) is 10.8 Å². The van der Waals surface area contributed by atoms with Crippen LogP contribution in [-0.2, 0) is 35.5 Å². The van der Waals surface area contributed by atoms with Gasteiger partial charge in [0.2, 0.25) is 0 Å². The van der Waals surface area contributed by atoms with Crippen molar-refractivity contribution in [3.05, 3.63) is 59.5 Å². The standard InChI is InChI=1S/C24H26N2O6S2/c1-2-26(21-9-5-7-18-6-3-4-8-20(18)21)22(27)17-32-23(28)16-19-10-11-24(33-19)34(29,30)25-12-14-31-15-13-25/h3-11H,2,12-17H2,1H3. The maximum atomic E-state index is 12.8. The molecular weight excluding hydrogens is 476 g/mol. The summed E-state index contributed by atoms with van der Waals surface area (Å²) in [5, 5.41) is 1.96. The summed E-state index contributed by atoms with van der Waals surface area (Å²) in [6, 6.07) is 16.6. The third-order valence-corrected chi connectivity index (χ3v) is 9.00. The number of carbonyl (C=O) groups excluding carboxylic acids is 2. The topological polar surface area (TPSA) is 93.2 Å². The van der Waals surface area contributed by atoms with Gasteiger partial charge in [-0.25, -0.2) is 8.42 Å². The molecule has 0 saturated carbocycles. The van der Waals surface area contributed by atoms with E-state index in [0.717, 1.165) is 27.8 Å². The summed E-state index contributed by atoms with van der Waals surface area (Å²) in [4.78, 5) is 27.4. The Bertz CT molecular complexity index is 1280. The van der Waals surface area contributed by atoms with Crippen LogP contribution in [0, 0.1) is 0 Å². The van der Waals surface area contributed by atoms with Gasteiger partial charge in [-0.2, -0.15) is 4.31 Å². The zero-order chi connectivity index (χ0) is 24.1. The van der Waals surface area contributed by atoms with Crippen molar-refractivity contribution in [2.45, 2.75) is 17.6 Å². The minimum absolute atomic E-state index is 0.100. The molecule has 0 N–H and O–H groups in total. The fraction of sp³-hybridized carbons (Fsp3) is 0.333. The fourth-order valence-electron chi connectivity index (χ4n) is 3.84. The number of anilines is 1. The van der Waals surface area contributed by atoms with Gasteiger partial charge in [-0.3, -0.25) is 9.59 Å². The summed E-state index contributed by atoms with van der Waals surface area (Å²) >= 11 is 1.04. The summed E-state index contributed by atoms with van der Waals surface area (Å²) in [7, 11) is -3.61. The summed E-state index contributed by atoms with van der Waals surface area (Å²) in [6.07, 6.45) is -0.100. The van der Waals surface area contributed by atoms with Crippen LogP contribution in [0.5, 0.6) is 0 Å². The van der Waals surface area contributed by atoms with Crippen LogP contribution in [-0.4, -0.2) is 64.1 Å². The lowest BCUT2D eigenvalue weighted by Crippen LogP contribution is -2.40. The van der Waals surface area contributed by atoms with Gasteiger partial charge in [0.05, 0.1) is 25.3 Å². The fourth-order valence-corrected chi connectivity index (χ4v) is 6.75. The van der Waals surface area contributed by atoms with E-state index in [9.17, 15) is 18.0 Å². The minimum Gasteiger partial charge on any atom is -0.455 e. The van der Waals surface area contributed by atoms with Gasteiger partial charge < -0.3 is 14.4 Å². The third-order valence-electron chi connectivity index (χ3n) is 5.55. The number of fused-ring (bicyclic) bond motifs is 1. The smallest absolute Gasteiger partial charge is 0.311 e. The summed E-state index contributed by atoms with van der Waals surface area (Å²) in [6.45, 7) is 3.26. The molecule has 0 spiro atoms. The molecule has 0 radical (unpaired) electrons. The van der Waals surface area contributed by atoms with E-state index >= 15 is 0 Å². The first-order valence-corrected chi connectivity index (χ1v) is 13.3. The molecule has 1 aromatic heterocycles. The maximum Gasteiger partial charge on any atom is 0.311 e. The molecule has 4 rings (SSSR count). The maximum absolute atomic E-state index is 12.8. The predicted octanol–water partition coefficient (Wildman–Crippen LogP) is 3.06. The van der Waals surface area contributed by atoms with Crippen LogP contribution in [0.15, 0.2) is 58.8 Å². The third kappa shape index (κ3) is 5.30. The molecule has 180 valence electrons. The largest absolute Gasteiger partial charge is 0.455 e. The average molecular weight is 503 g/mol. The first-order valence-electron chi connectivity index (χ1n) is 11.0. The molecule has 3 aromatic rings. The van der Waals surface area contributed by atoms with Crippen molar-refractivity contribution in [1.82, 2.24) is 4.31 Å². The Hall–Kier alpha value is -2.79. The van der Waals surface area contributed by atoms with Crippen molar-refractivity contribution in [2.75, 3.05) is 44.4 Å². The molecule has 1 fully saturated rings. The molecule has 2 heterocycles. The lowest BCUT2D eigenvalue weighted by molar-refractivity contribution is -0.147. The Labute approximate surface area is 202 Å². The van der Waals surface area contributed by atoms with Crippen LogP contribution in [0.2, 0.25) is 0 Å². The SMILES string of the molecule is CCN(C(=O)COC(=O)Cc1ccc(S(=O)(=O)N2CCOCC2)s1)c1cccc2ccccc12. The Morgan fingerprint density at radius 2 is 1.79 bits per heavy atom. The van der Waals surface area contributed by atoms with E-state index in [2.05, 4.69) is 0 Å². The van der Waals surface area contributed by atoms with Crippen molar-refractivity contribution in [3.63, 3.8) is 0 Å². The van der Waals surface area contributed by atoms with Crippen molar-refractivity contribution >= 4 is 49.7 Å². The van der Waals surface area contributed by atoms with Crippen molar-refractivity contribution < 1.29 is 27.5 Å². The second kappa shape index (κ2) is 10.6. The van der Waals surface area contributed by atoms with E-state index in [1.807, 2.05) is 49.4 Å². The zero-order valence-electron chi connectivity index (χ0n) is 18.8. The lowest BCUT2D eigenvalue weighted by Gasteiger charge is -2.25. The lowest BCUT2D eigenvalue weighted by atomic mass is 10.1. The molecule has 8 nitrogen and oxygen atoms in total. The number of morpholine rings is 1. The molecule has 0 atom stereocenters. The highest BCUT2D eigenvalue weighted by Gasteiger charge is 2.28. The summed E-state index contributed by atoms with van der Waals surface area (Å²) < 4.78 is 37.5. The van der Waals surface area contributed by atoms with Gasteiger partial charge in [0.1, 0.15) is 4.21 Å². The van der Waals surface area contributed by atoms with E-state index < -0.39 is 16.0 Å². The van der Waals surface area contributed by atoms with E-state index in [4.69, 9.17) is 9.47 Å². The Morgan fingerprint density at radius 1 is 1.06 bits per heavy atom.